The van der Waals surface area contributed by atoms with Crippen LogP contribution in [0, 0.1) is 11.8 Å². The Kier molecular flexibility index (Phi) is 7.06. The number of pyridine rings is 1. The van der Waals surface area contributed by atoms with Gasteiger partial charge in [0.15, 0.2) is 5.82 Å². The second-order valence-electron chi connectivity index (χ2n) is 9.56. The van der Waals surface area contributed by atoms with Crippen molar-refractivity contribution in [3.05, 3.63) is 68.9 Å². The highest BCUT2D eigenvalue weighted by molar-refractivity contribution is 5.91. The van der Waals surface area contributed by atoms with E-state index in [1.807, 2.05) is 11.9 Å². The van der Waals surface area contributed by atoms with E-state index in [4.69, 9.17) is 0 Å². The van der Waals surface area contributed by atoms with Gasteiger partial charge in [0, 0.05) is 30.8 Å². The number of carbonyl (C=O) groups is 1. The van der Waals surface area contributed by atoms with Gasteiger partial charge < -0.3 is 4.98 Å². The maximum absolute atomic E-state index is 15.1. The molecule has 0 atom stereocenters. The van der Waals surface area contributed by atoms with E-state index in [-0.39, 0.29) is 22.7 Å². The van der Waals surface area contributed by atoms with Gasteiger partial charge in [0.1, 0.15) is 16.9 Å². The van der Waals surface area contributed by atoms with Gasteiger partial charge in [-0.2, -0.15) is 4.39 Å². The summed E-state index contributed by atoms with van der Waals surface area (Å²) in [5.74, 6) is -1.47. The molecule has 2 saturated heterocycles. The van der Waals surface area contributed by atoms with E-state index < -0.39 is 17.7 Å². The smallest absolute Gasteiger partial charge is 0.284 e. The van der Waals surface area contributed by atoms with Crippen LogP contribution in [0.2, 0.25) is 0 Å². The van der Waals surface area contributed by atoms with Crippen molar-refractivity contribution in [1.82, 2.24) is 30.3 Å². The Labute approximate surface area is 207 Å². The number of benzene rings is 1. The number of H-pyrrole nitrogens is 1. The summed E-state index contributed by atoms with van der Waals surface area (Å²) in [6, 6.07) is 6.69. The van der Waals surface area contributed by atoms with E-state index in [9.17, 15) is 14.0 Å². The molecule has 0 saturated carbocycles. The van der Waals surface area contributed by atoms with Crippen LogP contribution in [0.5, 0.6) is 0 Å². The molecule has 2 aromatic heterocycles. The van der Waals surface area contributed by atoms with Gasteiger partial charge in [0.2, 0.25) is 5.95 Å². The predicted octanol–water partition coefficient (Wildman–Crippen LogP) is 3.28. The number of halogens is 2. The van der Waals surface area contributed by atoms with Crippen LogP contribution in [-0.2, 0) is 13.0 Å². The number of aromatic nitrogens is 3. The highest BCUT2D eigenvalue weighted by Crippen LogP contribution is 2.30. The number of hydrogen-bond donors (Lipinski definition) is 2. The second-order valence-corrected chi connectivity index (χ2v) is 9.56. The lowest BCUT2D eigenvalue weighted by molar-refractivity contribution is 0.0819. The molecule has 4 heterocycles. The monoisotopic (exact) mass is 496 g/mol. The van der Waals surface area contributed by atoms with Crippen LogP contribution >= 0.6 is 0 Å². The maximum atomic E-state index is 15.1. The zero-order valence-electron chi connectivity index (χ0n) is 20.3. The molecule has 1 amide bonds. The molecule has 0 unspecified atom stereocenters. The van der Waals surface area contributed by atoms with Crippen molar-refractivity contribution in [3.8, 4) is 0 Å². The average Bonchev–Trinajstić information content (AvgIpc) is 3.39. The SMILES string of the molecule is CCc1nc2ccc(CN3CCC(c4ccc(C(=O)NN5CCCC5)nc4F)CC3)c(F)c2[nH]c1=O. The summed E-state index contributed by atoms with van der Waals surface area (Å²) >= 11 is 0. The quantitative estimate of drug-likeness (QED) is 0.509. The first kappa shape index (κ1) is 24.5. The summed E-state index contributed by atoms with van der Waals surface area (Å²) in [4.78, 5) is 37.4. The summed E-state index contributed by atoms with van der Waals surface area (Å²) in [5.41, 5.74) is 4.45. The first-order valence-electron chi connectivity index (χ1n) is 12.6. The van der Waals surface area contributed by atoms with Crippen LogP contribution in [0.1, 0.15) is 65.8 Å². The number of rotatable bonds is 6. The van der Waals surface area contributed by atoms with Crippen LogP contribution in [-0.4, -0.2) is 56.9 Å². The molecule has 0 bridgehead atoms. The van der Waals surface area contributed by atoms with Crippen molar-refractivity contribution < 1.29 is 13.6 Å². The largest absolute Gasteiger partial charge is 0.317 e. The van der Waals surface area contributed by atoms with E-state index in [0.29, 0.717) is 61.2 Å². The van der Waals surface area contributed by atoms with E-state index in [2.05, 4.69) is 25.3 Å². The summed E-state index contributed by atoms with van der Waals surface area (Å²) in [6.07, 6.45) is 3.94. The molecule has 0 aliphatic carbocycles. The van der Waals surface area contributed by atoms with Gasteiger partial charge in [0.25, 0.3) is 11.5 Å². The van der Waals surface area contributed by atoms with Crippen LogP contribution in [0.25, 0.3) is 11.0 Å². The second kappa shape index (κ2) is 10.4. The van der Waals surface area contributed by atoms with Crippen LogP contribution in [0.3, 0.4) is 0 Å². The van der Waals surface area contributed by atoms with Gasteiger partial charge in [-0.3, -0.25) is 19.9 Å². The van der Waals surface area contributed by atoms with E-state index >= 15 is 4.39 Å². The number of nitrogens with one attached hydrogen (secondary N) is 2. The number of aryl methyl sites for hydroxylation is 1. The number of likely N-dealkylation sites (tertiary alicyclic amines) is 1. The van der Waals surface area contributed by atoms with Crippen molar-refractivity contribution in [1.29, 1.82) is 0 Å². The fourth-order valence-corrected chi connectivity index (χ4v) is 5.11. The van der Waals surface area contributed by atoms with Gasteiger partial charge in [0.05, 0.1) is 5.52 Å². The van der Waals surface area contributed by atoms with Crippen LogP contribution in [0.4, 0.5) is 8.78 Å². The number of amides is 1. The summed E-state index contributed by atoms with van der Waals surface area (Å²) in [5, 5.41) is 1.83. The average molecular weight is 497 g/mol. The molecule has 3 aromatic rings. The highest BCUT2D eigenvalue weighted by Gasteiger charge is 2.26. The van der Waals surface area contributed by atoms with E-state index in [1.165, 1.54) is 0 Å². The van der Waals surface area contributed by atoms with E-state index in [0.717, 1.165) is 25.9 Å². The normalized spacial score (nSPS) is 17.6. The Morgan fingerprint density at radius 3 is 2.53 bits per heavy atom. The van der Waals surface area contributed by atoms with Gasteiger partial charge in [-0.25, -0.2) is 19.4 Å². The summed E-state index contributed by atoms with van der Waals surface area (Å²) < 4.78 is 30.0. The molecule has 0 radical (unpaired) electrons. The molecule has 36 heavy (non-hydrogen) atoms. The molecular formula is C26H30F2N6O2. The topological polar surface area (TPSA) is 94.2 Å². The molecular weight excluding hydrogens is 466 g/mol. The Hall–Kier alpha value is -3.24. The van der Waals surface area contributed by atoms with Gasteiger partial charge in [-0.1, -0.05) is 19.1 Å². The van der Waals surface area contributed by atoms with Gasteiger partial charge in [-0.05, 0) is 63.2 Å². The molecule has 1 aromatic carbocycles. The molecule has 2 aliphatic heterocycles. The lowest BCUT2D eigenvalue weighted by Gasteiger charge is -2.32. The molecule has 2 aliphatic rings. The van der Waals surface area contributed by atoms with Crippen molar-refractivity contribution >= 4 is 16.9 Å². The Morgan fingerprint density at radius 1 is 1.08 bits per heavy atom. The molecule has 10 heteroatoms. The molecule has 5 rings (SSSR count). The minimum Gasteiger partial charge on any atom is -0.317 e. The third-order valence-corrected chi connectivity index (χ3v) is 7.19. The number of aromatic amines is 1. The lowest BCUT2D eigenvalue weighted by Crippen LogP contribution is -2.40. The number of fused-ring (bicyclic) bond motifs is 1. The van der Waals surface area contributed by atoms with Gasteiger partial charge >= 0.3 is 0 Å². The zero-order valence-corrected chi connectivity index (χ0v) is 20.3. The Bertz CT molecular complexity index is 1330. The molecule has 190 valence electrons. The van der Waals surface area contributed by atoms with Crippen LogP contribution in [0.15, 0.2) is 29.1 Å². The number of hydrazine groups is 1. The van der Waals surface area contributed by atoms with Crippen molar-refractivity contribution in [2.24, 2.45) is 0 Å². The zero-order chi connectivity index (χ0) is 25.2. The first-order chi connectivity index (χ1) is 17.4. The fourth-order valence-electron chi connectivity index (χ4n) is 5.11. The van der Waals surface area contributed by atoms with Crippen LogP contribution < -0.4 is 11.0 Å². The number of carbonyl (C=O) groups excluding carboxylic acids is 1. The predicted molar refractivity (Wildman–Crippen MR) is 131 cm³/mol. The number of piperidine rings is 1. The van der Waals surface area contributed by atoms with E-state index in [1.54, 1.807) is 24.3 Å². The fraction of sp³-hybridized carbons (Fsp3) is 0.462. The van der Waals surface area contributed by atoms with Gasteiger partial charge in [-0.15, -0.1) is 0 Å². The molecule has 8 nitrogen and oxygen atoms in total. The third-order valence-electron chi connectivity index (χ3n) is 7.19. The van der Waals surface area contributed by atoms with Crippen molar-refractivity contribution in [2.45, 2.75) is 51.5 Å². The van der Waals surface area contributed by atoms with Crippen molar-refractivity contribution in [2.75, 3.05) is 26.2 Å². The minimum absolute atomic E-state index is 0.0149. The molecule has 2 N–H and O–H groups in total. The summed E-state index contributed by atoms with van der Waals surface area (Å²) in [6.45, 7) is 5.15. The summed E-state index contributed by atoms with van der Waals surface area (Å²) in [7, 11) is 0. The van der Waals surface area contributed by atoms with Crippen molar-refractivity contribution in [3.63, 3.8) is 0 Å². The molecule has 0 spiro atoms. The lowest BCUT2D eigenvalue weighted by atomic mass is 9.90. The third kappa shape index (κ3) is 5.01. The number of hydrogen-bond acceptors (Lipinski definition) is 6. The minimum atomic E-state index is -0.606. The number of nitrogens with zero attached hydrogens (tertiary/aromatic N) is 4. The Morgan fingerprint density at radius 2 is 1.83 bits per heavy atom. The highest BCUT2D eigenvalue weighted by atomic mass is 19.1. The first-order valence-corrected chi connectivity index (χ1v) is 12.6. The molecule has 2 fully saturated rings. The maximum Gasteiger partial charge on any atom is 0.284 e. The Balaban J connectivity index is 1.22. The standard InChI is InChI=1S/C26H30F2N6O2/c1-2-19-25(35)31-23-20(29-19)7-5-17(22(23)27)15-33-13-9-16(10-14-33)18-6-8-21(30-24(18)28)26(36)32-34-11-3-4-12-34/h5-8,16H,2-4,9-15H2,1H3,(H,31,35)(H,32,36).